The van der Waals surface area contributed by atoms with Crippen LogP contribution in [0, 0.1) is 17.2 Å². The Morgan fingerprint density at radius 2 is 2.29 bits per heavy atom. The molecular weight excluding hydrogens is 204 g/mol. The zero-order chi connectivity index (χ0) is 10.8. The van der Waals surface area contributed by atoms with Gasteiger partial charge in [-0.25, -0.2) is 8.42 Å². The minimum Gasteiger partial charge on any atom is -0.332 e. The Kier molecular flexibility index (Phi) is 3.11. The van der Waals surface area contributed by atoms with Crippen molar-refractivity contribution >= 4 is 15.7 Å². The first-order valence-electron chi connectivity index (χ1n) is 4.28. The van der Waals surface area contributed by atoms with E-state index in [1.54, 1.807) is 0 Å². The molecule has 0 aromatic carbocycles. The summed E-state index contributed by atoms with van der Waals surface area (Å²) < 4.78 is 22.2. The lowest BCUT2D eigenvalue weighted by atomic mass is 10.1. The molecule has 1 heterocycles. The maximum Gasteiger partial charge on any atom is 0.227 e. The first kappa shape index (κ1) is 11.0. The van der Waals surface area contributed by atoms with E-state index in [2.05, 4.69) is 0 Å². The second kappa shape index (κ2) is 3.96. The third-order valence-corrected chi connectivity index (χ3v) is 4.03. The minimum atomic E-state index is -3.02. The molecule has 1 amide bonds. The van der Waals surface area contributed by atoms with Gasteiger partial charge < -0.3 is 4.90 Å². The van der Waals surface area contributed by atoms with Crippen molar-refractivity contribution < 1.29 is 13.2 Å². The van der Waals surface area contributed by atoms with Crippen LogP contribution in [0.15, 0.2) is 0 Å². The number of carbonyl (C=O) groups excluding carboxylic acids is 1. The molecule has 1 aliphatic heterocycles. The summed E-state index contributed by atoms with van der Waals surface area (Å²) in [6, 6.07) is 1.85. The maximum atomic E-state index is 11.5. The van der Waals surface area contributed by atoms with Crippen molar-refractivity contribution in [2.24, 2.45) is 5.92 Å². The second-order valence-electron chi connectivity index (χ2n) is 3.45. The normalized spacial score (nSPS) is 24.1. The summed E-state index contributed by atoms with van der Waals surface area (Å²) in [4.78, 5) is 12.8. The fourth-order valence-electron chi connectivity index (χ4n) is 1.49. The van der Waals surface area contributed by atoms with Crippen LogP contribution in [0.3, 0.4) is 0 Å². The molecule has 1 rings (SSSR count). The first-order chi connectivity index (χ1) is 6.46. The quantitative estimate of drug-likeness (QED) is 0.577. The molecule has 14 heavy (non-hydrogen) atoms. The largest absolute Gasteiger partial charge is 0.332 e. The van der Waals surface area contributed by atoms with E-state index in [1.165, 1.54) is 11.9 Å². The molecule has 0 aromatic rings. The number of sulfone groups is 1. The lowest BCUT2D eigenvalue weighted by Crippen LogP contribution is -2.33. The highest BCUT2D eigenvalue weighted by atomic mass is 32.2. The van der Waals surface area contributed by atoms with Crippen LogP contribution < -0.4 is 0 Å². The van der Waals surface area contributed by atoms with E-state index in [-0.39, 0.29) is 24.0 Å². The molecule has 0 saturated carbocycles. The molecule has 5 nitrogen and oxygen atoms in total. The monoisotopic (exact) mass is 216 g/mol. The molecule has 1 unspecified atom stereocenters. The standard InChI is InChI=1S/C8H12N2O3S/c1-10(4-3-9)8(11)7-2-5-14(12,13)6-7/h7H,2,4-6H2,1H3. The SMILES string of the molecule is CN(CC#N)C(=O)C1CCS(=O)(=O)C1. The molecule has 1 fully saturated rings. The Bertz CT molecular complexity index is 369. The van der Waals surface area contributed by atoms with Gasteiger partial charge in [0.15, 0.2) is 9.84 Å². The molecule has 0 aliphatic carbocycles. The van der Waals surface area contributed by atoms with E-state index < -0.39 is 15.8 Å². The van der Waals surface area contributed by atoms with E-state index in [4.69, 9.17) is 5.26 Å². The summed E-state index contributed by atoms with van der Waals surface area (Å²) in [6.45, 7) is 0.00931. The summed E-state index contributed by atoms with van der Waals surface area (Å²) in [5.41, 5.74) is 0. The molecule has 1 aliphatic rings. The summed E-state index contributed by atoms with van der Waals surface area (Å²) in [5, 5.41) is 8.37. The Morgan fingerprint density at radius 1 is 1.64 bits per heavy atom. The number of hydrogen-bond acceptors (Lipinski definition) is 4. The molecule has 1 saturated heterocycles. The van der Waals surface area contributed by atoms with E-state index in [9.17, 15) is 13.2 Å². The van der Waals surface area contributed by atoms with E-state index in [0.29, 0.717) is 6.42 Å². The lowest BCUT2D eigenvalue weighted by molar-refractivity contribution is -0.132. The summed E-state index contributed by atoms with van der Waals surface area (Å²) in [7, 11) is -1.51. The van der Waals surface area contributed by atoms with Crippen LogP contribution in [-0.2, 0) is 14.6 Å². The van der Waals surface area contributed by atoms with Gasteiger partial charge in [0.2, 0.25) is 5.91 Å². The third-order valence-electron chi connectivity index (χ3n) is 2.27. The van der Waals surface area contributed by atoms with Crippen LogP contribution in [0.5, 0.6) is 0 Å². The average molecular weight is 216 g/mol. The first-order valence-corrected chi connectivity index (χ1v) is 6.11. The summed E-state index contributed by atoms with van der Waals surface area (Å²) in [6.07, 6.45) is 0.386. The zero-order valence-corrected chi connectivity index (χ0v) is 8.75. The van der Waals surface area contributed by atoms with Crippen molar-refractivity contribution in [3.8, 4) is 6.07 Å². The van der Waals surface area contributed by atoms with Gasteiger partial charge in [-0.2, -0.15) is 5.26 Å². The van der Waals surface area contributed by atoms with Crippen LogP contribution in [0.1, 0.15) is 6.42 Å². The Morgan fingerprint density at radius 3 is 2.71 bits per heavy atom. The van der Waals surface area contributed by atoms with E-state index in [0.717, 1.165) is 0 Å². The number of hydrogen-bond donors (Lipinski definition) is 0. The van der Waals surface area contributed by atoms with Gasteiger partial charge in [-0.05, 0) is 6.42 Å². The topological polar surface area (TPSA) is 78.2 Å². The average Bonchev–Trinajstić information content (AvgIpc) is 2.45. The van der Waals surface area contributed by atoms with Gasteiger partial charge in [0, 0.05) is 7.05 Å². The van der Waals surface area contributed by atoms with Crippen LogP contribution in [0.4, 0.5) is 0 Å². The number of rotatable bonds is 2. The van der Waals surface area contributed by atoms with Crippen LogP contribution in [-0.4, -0.2) is 44.3 Å². The van der Waals surface area contributed by atoms with Crippen LogP contribution in [0.2, 0.25) is 0 Å². The Balaban J connectivity index is 2.61. The number of nitriles is 1. The molecule has 0 spiro atoms. The van der Waals surface area contributed by atoms with E-state index >= 15 is 0 Å². The molecule has 0 bridgehead atoms. The Labute approximate surface area is 83.2 Å². The van der Waals surface area contributed by atoms with Gasteiger partial charge in [-0.3, -0.25) is 4.79 Å². The highest BCUT2D eigenvalue weighted by Crippen LogP contribution is 2.19. The van der Waals surface area contributed by atoms with Gasteiger partial charge in [-0.1, -0.05) is 0 Å². The number of amides is 1. The maximum absolute atomic E-state index is 11.5. The van der Waals surface area contributed by atoms with Crippen molar-refractivity contribution in [2.45, 2.75) is 6.42 Å². The third kappa shape index (κ3) is 2.45. The van der Waals surface area contributed by atoms with Crippen molar-refractivity contribution in [1.29, 1.82) is 5.26 Å². The van der Waals surface area contributed by atoms with Gasteiger partial charge in [-0.15, -0.1) is 0 Å². The summed E-state index contributed by atoms with van der Waals surface area (Å²) in [5.74, 6) is -0.670. The highest BCUT2D eigenvalue weighted by molar-refractivity contribution is 7.91. The smallest absolute Gasteiger partial charge is 0.227 e. The van der Waals surface area contributed by atoms with Crippen LogP contribution in [0.25, 0.3) is 0 Å². The predicted molar refractivity (Wildman–Crippen MR) is 50.0 cm³/mol. The fourth-order valence-corrected chi connectivity index (χ4v) is 3.22. The molecular formula is C8H12N2O3S. The molecule has 0 N–H and O–H groups in total. The summed E-state index contributed by atoms with van der Waals surface area (Å²) >= 11 is 0. The Hall–Kier alpha value is -1.09. The van der Waals surface area contributed by atoms with Gasteiger partial charge in [0.25, 0.3) is 0 Å². The molecule has 0 radical (unpaired) electrons. The van der Waals surface area contributed by atoms with Gasteiger partial charge in [0.05, 0.1) is 23.5 Å². The van der Waals surface area contributed by atoms with Crippen LogP contribution >= 0.6 is 0 Å². The predicted octanol–water partition coefficient (Wildman–Crippen LogP) is -0.597. The van der Waals surface area contributed by atoms with Crippen molar-refractivity contribution in [2.75, 3.05) is 25.1 Å². The number of carbonyl (C=O) groups is 1. The minimum absolute atomic E-state index is 0.00931. The van der Waals surface area contributed by atoms with Crippen molar-refractivity contribution in [3.05, 3.63) is 0 Å². The molecule has 0 aromatic heterocycles. The van der Waals surface area contributed by atoms with Gasteiger partial charge >= 0.3 is 0 Å². The number of nitrogens with zero attached hydrogens (tertiary/aromatic N) is 2. The van der Waals surface area contributed by atoms with Crippen molar-refractivity contribution in [1.82, 2.24) is 4.90 Å². The zero-order valence-electron chi connectivity index (χ0n) is 7.93. The van der Waals surface area contributed by atoms with Gasteiger partial charge in [0.1, 0.15) is 6.54 Å². The highest BCUT2D eigenvalue weighted by Gasteiger charge is 2.34. The molecule has 1 atom stereocenters. The lowest BCUT2D eigenvalue weighted by Gasteiger charge is -2.16. The van der Waals surface area contributed by atoms with Crippen molar-refractivity contribution in [3.63, 3.8) is 0 Å². The molecule has 6 heteroatoms. The fraction of sp³-hybridized carbons (Fsp3) is 0.750. The second-order valence-corrected chi connectivity index (χ2v) is 5.68. The molecule has 78 valence electrons. The van der Waals surface area contributed by atoms with E-state index in [1.807, 2.05) is 6.07 Å².